The Balaban J connectivity index is 1.54. The van der Waals surface area contributed by atoms with E-state index in [-0.39, 0.29) is 5.91 Å². The van der Waals surface area contributed by atoms with Gasteiger partial charge in [-0.25, -0.2) is 4.98 Å². The number of aromatic nitrogens is 1. The Bertz CT molecular complexity index is 1040. The largest absolute Gasteiger partial charge is 0.397 e. The van der Waals surface area contributed by atoms with Crippen molar-refractivity contribution >= 4 is 23.2 Å². The molecule has 1 aliphatic rings. The predicted octanol–water partition coefficient (Wildman–Crippen LogP) is 5.78. The van der Waals surface area contributed by atoms with Crippen molar-refractivity contribution in [2.45, 2.75) is 45.1 Å². The molecule has 3 aromatic rings. The molecule has 4 rings (SSSR count). The summed E-state index contributed by atoms with van der Waals surface area (Å²) < 4.78 is 0. The number of anilines is 1. The predicted molar refractivity (Wildman–Crippen MR) is 126 cm³/mol. The maximum atomic E-state index is 13.4. The van der Waals surface area contributed by atoms with Crippen molar-refractivity contribution in [2.75, 3.05) is 12.3 Å². The Hall–Kier alpha value is -2.85. The fraction of sp³-hybridized carbons (Fsp3) is 0.308. The zero-order chi connectivity index (χ0) is 21.8. The highest BCUT2D eigenvalue weighted by atomic mass is 35.5. The van der Waals surface area contributed by atoms with Gasteiger partial charge in [0.15, 0.2) is 5.69 Å². The third-order valence-electron chi connectivity index (χ3n) is 6.07. The van der Waals surface area contributed by atoms with Crippen molar-refractivity contribution < 1.29 is 4.79 Å². The highest BCUT2D eigenvalue weighted by Crippen LogP contribution is 2.36. The smallest absolute Gasteiger partial charge is 0.274 e. The Morgan fingerprint density at radius 2 is 1.71 bits per heavy atom. The van der Waals surface area contributed by atoms with E-state index in [9.17, 15) is 4.79 Å². The Labute approximate surface area is 189 Å². The van der Waals surface area contributed by atoms with E-state index in [2.05, 4.69) is 29.2 Å². The molecule has 0 saturated heterocycles. The van der Waals surface area contributed by atoms with E-state index in [1.165, 1.54) is 24.8 Å². The molecule has 1 saturated carbocycles. The first-order valence-corrected chi connectivity index (χ1v) is 11.2. The van der Waals surface area contributed by atoms with Crippen molar-refractivity contribution in [3.8, 4) is 0 Å². The van der Waals surface area contributed by atoms with Gasteiger partial charge >= 0.3 is 0 Å². The molecule has 2 N–H and O–H groups in total. The minimum absolute atomic E-state index is 0.141. The number of amides is 1. The number of nitrogen functional groups attached to an aromatic ring is 1. The van der Waals surface area contributed by atoms with Crippen LogP contribution in [-0.4, -0.2) is 22.3 Å². The van der Waals surface area contributed by atoms with E-state index in [1.54, 1.807) is 6.07 Å². The average molecular weight is 434 g/mol. The lowest BCUT2D eigenvalue weighted by Crippen LogP contribution is -2.33. The highest BCUT2D eigenvalue weighted by Gasteiger charge is 2.22. The van der Waals surface area contributed by atoms with Gasteiger partial charge in [-0.2, -0.15) is 0 Å². The molecule has 0 aliphatic heterocycles. The molecule has 4 nitrogen and oxygen atoms in total. The number of carbonyl (C=O) groups is 1. The molecule has 0 spiro atoms. The first kappa shape index (κ1) is 21.4. The van der Waals surface area contributed by atoms with Gasteiger partial charge in [-0.05, 0) is 73.1 Å². The molecular formula is C26H28ClN3O. The van der Waals surface area contributed by atoms with Gasteiger partial charge in [-0.3, -0.25) is 4.79 Å². The molecule has 0 atom stereocenters. The number of rotatable bonds is 7. The van der Waals surface area contributed by atoms with Gasteiger partial charge < -0.3 is 10.6 Å². The van der Waals surface area contributed by atoms with Crippen LogP contribution < -0.4 is 5.73 Å². The summed E-state index contributed by atoms with van der Waals surface area (Å²) in [5.41, 5.74) is 11.2. The third-order valence-corrected chi connectivity index (χ3v) is 6.32. The minimum atomic E-state index is -0.141. The second kappa shape index (κ2) is 9.52. The lowest BCUT2D eigenvalue weighted by Gasteiger charge is -2.26. The molecule has 1 aliphatic carbocycles. The number of carbonyl (C=O) groups excluding carboxylic acids is 1. The van der Waals surface area contributed by atoms with E-state index in [0.717, 1.165) is 23.2 Å². The Morgan fingerprint density at radius 1 is 1.03 bits per heavy atom. The van der Waals surface area contributed by atoms with Crippen molar-refractivity contribution in [2.24, 2.45) is 0 Å². The van der Waals surface area contributed by atoms with Crippen molar-refractivity contribution in [1.29, 1.82) is 0 Å². The minimum Gasteiger partial charge on any atom is -0.397 e. The van der Waals surface area contributed by atoms with E-state index >= 15 is 0 Å². The molecule has 2 aromatic carbocycles. The molecule has 0 unspecified atom stereocenters. The number of nitrogens with two attached hydrogens (primary N) is 1. The van der Waals surface area contributed by atoms with Crippen molar-refractivity contribution in [3.05, 3.63) is 93.8 Å². The number of benzene rings is 2. The first-order valence-electron chi connectivity index (χ1n) is 10.9. The van der Waals surface area contributed by atoms with Crippen molar-refractivity contribution in [3.63, 3.8) is 0 Å². The van der Waals surface area contributed by atoms with Crippen LogP contribution >= 0.6 is 11.6 Å². The van der Waals surface area contributed by atoms with E-state index < -0.39 is 0 Å². The fourth-order valence-electron chi connectivity index (χ4n) is 3.91. The number of aryl methyl sites for hydroxylation is 1. The van der Waals surface area contributed by atoms with E-state index in [1.807, 2.05) is 42.2 Å². The van der Waals surface area contributed by atoms with Crippen LogP contribution in [0.1, 0.15) is 58.1 Å². The van der Waals surface area contributed by atoms with Gasteiger partial charge in [-0.1, -0.05) is 54.4 Å². The van der Waals surface area contributed by atoms with Crippen LogP contribution in [0.4, 0.5) is 5.69 Å². The van der Waals surface area contributed by atoms with Crippen LogP contribution in [0.15, 0.2) is 60.7 Å². The standard InChI is InChI=1S/C26H28ClN3O/c1-18-5-14-24(28)25(29-18)26(31)30(16-15-19-8-12-23(27)13-9-19)17-20-6-10-22(11-7-20)21-3-2-4-21/h5-14,21H,2-4,15-17,28H2,1H3. The van der Waals surface area contributed by atoms with Crippen LogP contribution in [0.2, 0.25) is 5.02 Å². The maximum Gasteiger partial charge on any atom is 0.274 e. The SMILES string of the molecule is Cc1ccc(N)c(C(=O)N(CCc2ccc(Cl)cc2)Cc2ccc(C3CCC3)cc2)n1. The normalized spacial score (nSPS) is 13.6. The van der Waals surface area contributed by atoms with Crippen LogP contribution in [0.25, 0.3) is 0 Å². The van der Waals surface area contributed by atoms with Gasteiger partial charge in [0.2, 0.25) is 0 Å². The summed E-state index contributed by atoms with van der Waals surface area (Å²) >= 11 is 6.01. The highest BCUT2D eigenvalue weighted by molar-refractivity contribution is 6.30. The summed E-state index contributed by atoms with van der Waals surface area (Å²) in [5.74, 6) is 0.561. The Morgan fingerprint density at radius 3 is 2.35 bits per heavy atom. The van der Waals surface area contributed by atoms with Gasteiger partial charge in [0.25, 0.3) is 5.91 Å². The zero-order valence-corrected chi connectivity index (χ0v) is 18.6. The van der Waals surface area contributed by atoms with Crippen LogP contribution in [0.5, 0.6) is 0 Å². The van der Waals surface area contributed by atoms with Crippen LogP contribution in [0.3, 0.4) is 0 Å². The summed E-state index contributed by atoms with van der Waals surface area (Å²) in [7, 11) is 0. The monoisotopic (exact) mass is 433 g/mol. The molecule has 1 amide bonds. The summed E-state index contributed by atoms with van der Waals surface area (Å²) in [5, 5.41) is 0.708. The summed E-state index contributed by atoms with van der Waals surface area (Å²) in [4.78, 5) is 19.7. The van der Waals surface area contributed by atoms with E-state index in [4.69, 9.17) is 17.3 Å². The number of hydrogen-bond acceptors (Lipinski definition) is 3. The molecule has 1 heterocycles. The summed E-state index contributed by atoms with van der Waals surface area (Å²) in [6, 6.07) is 20.0. The second-order valence-corrected chi connectivity index (χ2v) is 8.80. The molecule has 160 valence electrons. The lowest BCUT2D eigenvalue weighted by molar-refractivity contribution is 0.0740. The quantitative estimate of drug-likeness (QED) is 0.513. The summed E-state index contributed by atoms with van der Waals surface area (Å²) in [6.45, 7) is 2.96. The van der Waals surface area contributed by atoms with Gasteiger partial charge in [-0.15, -0.1) is 0 Å². The molecule has 31 heavy (non-hydrogen) atoms. The molecule has 1 aromatic heterocycles. The molecule has 1 fully saturated rings. The fourth-order valence-corrected chi connectivity index (χ4v) is 4.04. The van der Waals surface area contributed by atoms with E-state index in [0.29, 0.717) is 35.4 Å². The first-order chi connectivity index (χ1) is 15.0. The zero-order valence-electron chi connectivity index (χ0n) is 17.9. The molecule has 0 bridgehead atoms. The molecular weight excluding hydrogens is 406 g/mol. The number of halogens is 1. The Kier molecular flexibility index (Phi) is 6.57. The average Bonchev–Trinajstić information content (AvgIpc) is 2.73. The maximum absolute atomic E-state index is 13.4. The number of nitrogens with zero attached hydrogens (tertiary/aromatic N) is 2. The number of hydrogen-bond donors (Lipinski definition) is 1. The van der Waals surface area contributed by atoms with Crippen LogP contribution in [-0.2, 0) is 13.0 Å². The molecule has 5 heteroatoms. The number of pyridine rings is 1. The van der Waals surface area contributed by atoms with Crippen LogP contribution in [0, 0.1) is 6.92 Å². The summed E-state index contributed by atoms with van der Waals surface area (Å²) in [6.07, 6.45) is 4.62. The second-order valence-electron chi connectivity index (χ2n) is 8.36. The third kappa shape index (κ3) is 5.26. The molecule has 0 radical (unpaired) electrons. The van der Waals surface area contributed by atoms with Gasteiger partial charge in [0, 0.05) is 23.8 Å². The lowest BCUT2D eigenvalue weighted by atomic mass is 9.80. The van der Waals surface area contributed by atoms with Gasteiger partial charge in [0.1, 0.15) is 0 Å². The van der Waals surface area contributed by atoms with Gasteiger partial charge in [0.05, 0.1) is 5.69 Å². The topological polar surface area (TPSA) is 59.2 Å². The van der Waals surface area contributed by atoms with Crippen molar-refractivity contribution in [1.82, 2.24) is 9.88 Å².